The molecule has 0 N–H and O–H groups in total. The van der Waals surface area contributed by atoms with Crippen molar-refractivity contribution in [1.29, 1.82) is 0 Å². The summed E-state index contributed by atoms with van der Waals surface area (Å²) < 4.78 is 28.9. The van der Waals surface area contributed by atoms with Crippen LogP contribution in [0.3, 0.4) is 0 Å². The van der Waals surface area contributed by atoms with Gasteiger partial charge in [-0.2, -0.15) is 0 Å². The summed E-state index contributed by atoms with van der Waals surface area (Å²) in [5.74, 6) is 0.435. The van der Waals surface area contributed by atoms with E-state index in [1.807, 2.05) is 34.9 Å². The molecular weight excluding hydrogens is 562 g/mol. The van der Waals surface area contributed by atoms with E-state index >= 15 is 0 Å². The first-order valence-corrected chi connectivity index (χ1v) is 13.2. The minimum atomic E-state index is -1.34. The van der Waals surface area contributed by atoms with E-state index in [0.717, 1.165) is 0 Å². The number of carbonyl (C=O) groups is 4. The molecule has 1 heterocycles. The topological polar surface area (TPSA) is 114 Å². The molecule has 0 radical (unpaired) electrons. The van der Waals surface area contributed by atoms with Crippen LogP contribution in [0.4, 0.5) is 0 Å². The smallest absolute Gasteiger partial charge is 0.308 e. The molecule has 38 heavy (non-hydrogen) atoms. The summed E-state index contributed by atoms with van der Waals surface area (Å²) in [7, 11) is 3.94. The Morgan fingerprint density at radius 2 is 1.21 bits per heavy atom. The number of quaternary nitrogens is 1. The van der Waals surface area contributed by atoms with Crippen LogP contribution in [-0.2, 0) is 42.9 Å². The largest absolute Gasteiger partial charge is 1.00 e. The Bertz CT molecular complexity index is 811. The van der Waals surface area contributed by atoms with Crippen LogP contribution in [-0.4, -0.2) is 86.3 Å². The van der Waals surface area contributed by atoms with Gasteiger partial charge in [0.2, 0.25) is 12.4 Å². The average Bonchev–Trinajstić information content (AvgIpc) is 2.79. The standard InChI is InChI=1S/C27H44NO9.BrH/c1-8-13-20(29)34-24-19(5)33-27(37-23(32)16-12-18-28(6,7)17-11-4)26(36-22(31)15-10-3)25(24)35-21(30)14-9-2;/h4,19,24-27H,8-10,12-18H2,1-3,5-7H3;1H/q+1;/p-1/t19-,24+,25+,26-,27+;/m0./s1. The number of esters is 4. The molecular formula is C27H44BrNO9. The van der Waals surface area contributed by atoms with Gasteiger partial charge in [0.25, 0.3) is 0 Å². The lowest BCUT2D eigenvalue weighted by Crippen LogP contribution is -3.00. The molecule has 1 aliphatic rings. The van der Waals surface area contributed by atoms with Gasteiger partial charge in [0.1, 0.15) is 6.54 Å². The van der Waals surface area contributed by atoms with Gasteiger partial charge in [-0.05, 0) is 32.1 Å². The van der Waals surface area contributed by atoms with Gasteiger partial charge in [0.05, 0.1) is 33.2 Å². The number of rotatable bonds is 15. The minimum absolute atomic E-state index is 0. The molecule has 0 spiro atoms. The molecule has 1 saturated heterocycles. The number of hydrogen-bond donors (Lipinski definition) is 0. The maximum absolute atomic E-state index is 12.7. The zero-order valence-corrected chi connectivity index (χ0v) is 25.1. The van der Waals surface area contributed by atoms with Crippen LogP contribution < -0.4 is 17.0 Å². The lowest BCUT2D eigenvalue weighted by Gasteiger charge is -2.43. The van der Waals surface area contributed by atoms with Crippen LogP contribution in [0.25, 0.3) is 0 Å². The highest BCUT2D eigenvalue weighted by atomic mass is 79.9. The highest BCUT2D eigenvalue weighted by Crippen LogP contribution is 2.30. The molecule has 0 aliphatic carbocycles. The molecule has 0 bridgehead atoms. The first kappa shape index (κ1) is 35.8. The number of terminal acetylenes is 1. The Hall–Kier alpha value is -2.16. The fraction of sp³-hybridized carbons (Fsp3) is 0.778. The number of carbonyl (C=O) groups excluding carboxylic acids is 4. The van der Waals surface area contributed by atoms with Crippen LogP contribution in [0.5, 0.6) is 0 Å². The van der Waals surface area contributed by atoms with Crippen LogP contribution in [0, 0.1) is 12.3 Å². The third-order valence-corrected chi connectivity index (χ3v) is 5.80. The Morgan fingerprint density at radius 1 is 0.763 bits per heavy atom. The summed E-state index contributed by atoms with van der Waals surface area (Å²) in [6, 6.07) is 0. The van der Waals surface area contributed by atoms with Gasteiger partial charge in [-0.1, -0.05) is 20.8 Å². The summed E-state index contributed by atoms with van der Waals surface area (Å²) >= 11 is 0. The summed E-state index contributed by atoms with van der Waals surface area (Å²) in [5.41, 5.74) is 0. The number of ether oxygens (including phenoxy) is 5. The Labute approximate surface area is 237 Å². The van der Waals surface area contributed by atoms with E-state index in [2.05, 4.69) is 5.92 Å². The number of nitrogens with zero attached hydrogens (tertiary/aromatic N) is 1. The Balaban J connectivity index is 0.0000137. The van der Waals surface area contributed by atoms with Crippen molar-refractivity contribution in [2.45, 2.75) is 110 Å². The van der Waals surface area contributed by atoms with Gasteiger partial charge in [-0.3, -0.25) is 19.2 Å². The van der Waals surface area contributed by atoms with E-state index < -0.39 is 54.6 Å². The van der Waals surface area contributed by atoms with Gasteiger partial charge in [0, 0.05) is 25.7 Å². The van der Waals surface area contributed by atoms with E-state index in [1.165, 1.54) is 0 Å². The zero-order valence-electron chi connectivity index (χ0n) is 23.5. The molecule has 0 saturated carbocycles. The van der Waals surface area contributed by atoms with Gasteiger partial charge in [0.15, 0.2) is 12.2 Å². The predicted molar refractivity (Wildman–Crippen MR) is 135 cm³/mol. The number of hydrogen-bond acceptors (Lipinski definition) is 9. The summed E-state index contributed by atoms with van der Waals surface area (Å²) in [4.78, 5) is 50.0. The lowest BCUT2D eigenvalue weighted by atomic mass is 9.98. The van der Waals surface area contributed by atoms with Crippen molar-refractivity contribution in [3.8, 4) is 12.3 Å². The molecule has 1 fully saturated rings. The molecule has 0 aromatic heterocycles. The summed E-state index contributed by atoms with van der Waals surface area (Å²) in [5, 5.41) is 0. The zero-order chi connectivity index (χ0) is 28.0. The Morgan fingerprint density at radius 3 is 1.68 bits per heavy atom. The van der Waals surface area contributed by atoms with Crippen molar-refractivity contribution in [3.63, 3.8) is 0 Å². The monoisotopic (exact) mass is 605 g/mol. The highest BCUT2D eigenvalue weighted by molar-refractivity contribution is 5.72. The third kappa shape index (κ3) is 12.6. The van der Waals surface area contributed by atoms with Crippen LogP contribution >= 0.6 is 0 Å². The van der Waals surface area contributed by atoms with Crippen LogP contribution in [0.1, 0.15) is 79.1 Å². The van der Waals surface area contributed by atoms with Gasteiger partial charge >= 0.3 is 23.9 Å². The first-order chi connectivity index (χ1) is 17.5. The van der Waals surface area contributed by atoms with Gasteiger partial charge < -0.3 is 45.1 Å². The highest BCUT2D eigenvalue weighted by Gasteiger charge is 2.52. The average molecular weight is 607 g/mol. The maximum Gasteiger partial charge on any atom is 0.308 e. The molecule has 0 unspecified atom stereocenters. The molecule has 218 valence electrons. The lowest BCUT2D eigenvalue weighted by molar-refractivity contribution is -0.883. The normalized spacial score (nSPS) is 22.8. The van der Waals surface area contributed by atoms with E-state index in [-0.39, 0.29) is 42.7 Å². The van der Waals surface area contributed by atoms with Gasteiger partial charge in [-0.15, -0.1) is 6.42 Å². The second kappa shape index (κ2) is 18.2. The minimum Gasteiger partial charge on any atom is -1.00 e. The molecule has 11 heteroatoms. The molecule has 0 amide bonds. The van der Waals surface area contributed by atoms with E-state index in [4.69, 9.17) is 30.1 Å². The van der Waals surface area contributed by atoms with Gasteiger partial charge in [-0.25, -0.2) is 0 Å². The van der Waals surface area contributed by atoms with Crippen LogP contribution in [0.2, 0.25) is 0 Å². The molecule has 10 nitrogen and oxygen atoms in total. The summed E-state index contributed by atoms with van der Waals surface area (Å²) in [6.07, 6.45) is 2.32. The summed E-state index contributed by atoms with van der Waals surface area (Å²) in [6.45, 7) is 8.26. The molecule has 1 aliphatic heterocycles. The predicted octanol–water partition coefficient (Wildman–Crippen LogP) is -0.0961. The maximum atomic E-state index is 12.7. The fourth-order valence-electron chi connectivity index (χ4n) is 3.90. The fourth-order valence-corrected chi connectivity index (χ4v) is 3.90. The van der Waals surface area contributed by atoms with Crippen LogP contribution in [0.15, 0.2) is 0 Å². The molecule has 0 aromatic rings. The van der Waals surface area contributed by atoms with Crippen molar-refractivity contribution >= 4 is 23.9 Å². The van der Waals surface area contributed by atoms with E-state index in [9.17, 15) is 19.2 Å². The second-order valence-electron chi connectivity index (χ2n) is 9.94. The SMILES string of the molecule is C#CC[N+](C)(C)CCCC(=O)O[C@H]1O[C@@H](C)[C@@H](OC(=O)CCC)[C@@H](OC(=O)CCC)[C@@H]1OC(=O)CCC.[Br-]. The number of halogens is 1. The van der Waals surface area contributed by atoms with E-state index in [0.29, 0.717) is 43.3 Å². The van der Waals surface area contributed by atoms with Crippen molar-refractivity contribution in [2.24, 2.45) is 0 Å². The van der Waals surface area contributed by atoms with E-state index in [1.54, 1.807) is 6.92 Å². The second-order valence-corrected chi connectivity index (χ2v) is 9.94. The Kier molecular flexibility index (Phi) is 17.2. The molecule has 0 aromatic carbocycles. The first-order valence-electron chi connectivity index (χ1n) is 13.2. The molecule has 5 atom stereocenters. The van der Waals surface area contributed by atoms with Crippen molar-refractivity contribution in [1.82, 2.24) is 0 Å². The van der Waals surface area contributed by atoms with Crippen molar-refractivity contribution in [3.05, 3.63) is 0 Å². The third-order valence-electron chi connectivity index (χ3n) is 5.80. The quantitative estimate of drug-likeness (QED) is 0.109. The van der Waals surface area contributed by atoms with Crippen molar-refractivity contribution in [2.75, 3.05) is 27.2 Å². The molecule has 1 rings (SSSR count). The van der Waals surface area contributed by atoms with Crippen molar-refractivity contribution < 1.29 is 64.3 Å².